The van der Waals surface area contributed by atoms with E-state index in [9.17, 15) is 0 Å². The maximum atomic E-state index is 6.32. The molecule has 22 heavy (non-hydrogen) atoms. The minimum atomic E-state index is 0.621. The lowest BCUT2D eigenvalue weighted by Gasteiger charge is -2.12. The second kappa shape index (κ2) is 8.71. The normalized spacial score (nSPS) is 11.4. The summed E-state index contributed by atoms with van der Waals surface area (Å²) in [5, 5.41) is 4.19. The zero-order valence-corrected chi connectivity index (χ0v) is 14.0. The van der Waals surface area contributed by atoms with Gasteiger partial charge in [-0.1, -0.05) is 52.4 Å². The zero-order valence-electron chi connectivity index (χ0n) is 14.0. The first kappa shape index (κ1) is 16.7. The van der Waals surface area contributed by atoms with E-state index in [1.807, 2.05) is 0 Å². The van der Waals surface area contributed by atoms with Crippen LogP contribution in [0.4, 0.5) is 5.82 Å². The average Bonchev–Trinajstić information content (AvgIpc) is 2.99. The van der Waals surface area contributed by atoms with Gasteiger partial charge in [0, 0.05) is 5.56 Å². The molecule has 0 bridgehead atoms. The maximum absolute atomic E-state index is 6.32. The number of aryl methyl sites for hydroxylation is 1. The van der Waals surface area contributed by atoms with E-state index in [0.29, 0.717) is 5.78 Å². The summed E-state index contributed by atoms with van der Waals surface area (Å²) in [7, 11) is 0. The van der Waals surface area contributed by atoms with Crippen molar-refractivity contribution >= 4 is 11.6 Å². The highest BCUT2D eigenvalue weighted by Gasteiger charge is 2.13. The van der Waals surface area contributed by atoms with Crippen LogP contribution >= 0.6 is 0 Å². The summed E-state index contributed by atoms with van der Waals surface area (Å²) in [5.41, 5.74) is 8.62. The Morgan fingerprint density at radius 1 is 0.955 bits per heavy atom. The quantitative estimate of drug-likeness (QED) is 0.675. The van der Waals surface area contributed by atoms with Crippen LogP contribution in [0.25, 0.3) is 5.78 Å². The number of nitrogens with zero attached hydrogens (tertiary/aromatic N) is 4. The van der Waals surface area contributed by atoms with E-state index in [4.69, 9.17) is 5.73 Å². The predicted octanol–water partition coefficient (Wildman–Crippen LogP) is 3.95. The fourth-order valence-corrected chi connectivity index (χ4v) is 2.85. The minimum Gasteiger partial charge on any atom is -0.383 e. The Morgan fingerprint density at radius 2 is 1.68 bits per heavy atom. The van der Waals surface area contributed by atoms with Crippen LogP contribution in [-0.2, 0) is 12.8 Å². The number of hydrogen-bond donors (Lipinski definition) is 1. The Balaban J connectivity index is 2.06. The number of fused-ring (bicyclic) bond motifs is 1. The van der Waals surface area contributed by atoms with E-state index in [0.717, 1.165) is 37.2 Å². The molecule has 2 aromatic rings. The van der Waals surface area contributed by atoms with Crippen molar-refractivity contribution in [2.24, 2.45) is 0 Å². The van der Waals surface area contributed by atoms with E-state index in [-0.39, 0.29) is 0 Å². The fourth-order valence-electron chi connectivity index (χ4n) is 2.85. The summed E-state index contributed by atoms with van der Waals surface area (Å²) < 4.78 is 1.67. The van der Waals surface area contributed by atoms with Gasteiger partial charge in [-0.3, -0.25) is 0 Å². The summed E-state index contributed by atoms with van der Waals surface area (Å²) in [6, 6.07) is 0. The van der Waals surface area contributed by atoms with Crippen LogP contribution in [0.2, 0.25) is 0 Å². The molecule has 0 atom stereocenters. The summed E-state index contributed by atoms with van der Waals surface area (Å²) in [6.45, 7) is 4.45. The van der Waals surface area contributed by atoms with E-state index in [1.54, 1.807) is 4.52 Å². The number of aromatic nitrogens is 4. The SMILES string of the molecule is CCCCCCCCc1c(CCCC)nc2ncnn2c1N. The first-order chi connectivity index (χ1) is 10.8. The molecule has 2 heterocycles. The van der Waals surface area contributed by atoms with Crippen molar-refractivity contribution in [1.82, 2.24) is 19.6 Å². The molecule has 2 rings (SSSR count). The Labute approximate surface area is 133 Å². The van der Waals surface area contributed by atoms with Crippen molar-refractivity contribution in [2.75, 3.05) is 5.73 Å². The lowest BCUT2D eigenvalue weighted by molar-refractivity contribution is 0.604. The molecule has 0 fully saturated rings. The number of anilines is 1. The lowest BCUT2D eigenvalue weighted by Crippen LogP contribution is -2.10. The van der Waals surface area contributed by atoms with Gasteiger partial charge in [0.15, 0.2) is 0 Å². The molecule has 0 unspecified atom stereocenters. The Bertz CT molecular complexity index is 576. The lowest BCUT2D eigenvalue weighted by atomic mass is 10.0. The second-order valence-corrected chi connectivity index (χ2v) is 6.02. The van der Waals surface area contributed by atoms with E-state index in [1.165, 1.54) is 50.4 Å². The van der Waals surface area contributed by atoms with Gasteiger partial charge >= 0.3 is 0 Å². The van der Waals surface area contributed by atoms with Crippen molar-refractivity contribution < 1.29 is 0 Å². The molecule has 0 spiro atoms. The molecule has 5 heteroatoms. The Hall–Kier alpha value is -1.65. The number of hydrogen-bond acceptors (Lipinski definition) is 4. The number of unbranched alkanes of at least 4 members (excludes halogenated alkanes) is 6. The molecule has 5 nitrogen and oxygen atoms in total. The van der Waals surface area contributed by atoms with Crippen LogP contribution in [-0.4, -0.2) is 19.6 Å². The van der Waals surface area contributed by atoms with Gasteiger partial charge in [0.05, 0.1) is 5.69 Å². The highest BCUT2D eigenvalue weighted by atomic mass is 15.3. The van der Waals surface area contributed by atoms with Gasteiger partial charge < -0.3 is 5.73 Å². The van der Waals surface area contributed by atoms with Crippen LogP contribution in [0.3, 0.4) is 0 Å². The monoisotopic (exact) mass is 303 g/mol. The first-order valence-electron chi connectivity index (χ1n) is 8.74. The Morgan fingerprint density at radius 3 is 2.45 bits per heavy atom. The van der Waals surface area contributed by atoms with Gasteiger partial charge in [0.2, 0.25) is 0 Å². The molecule has 0 radical (unpaired) electrons. The number of nitrogens with two attached hydrogens (primary N) is 1. The summed E-state index contributed by atoms with van der Waals surface area (Å²) in [5.74, 6) is 1.34. The summed E-state index contributed by atoms with van der Waals surface area (Å²) in [6.07, 6.45) is 13.5. The van der Waals surface area contributed by atoms with Gasteiger partial charge in [0.1, 0.15) is 12.1 Å². The molecule has 2 N–H and O–H groups in total. The molecular formula is C17H29N5. The molecule has 0 aliphatic rings. The fraction of sp³-hybridized carbons (Fsp3) is 0.706. The first-order valence-corrected chi connectivity index (χ1v) is 8.74. The van der Waals surface area contributed by atoms with Crippen LogP contribution in [0.1, 0.15) is 76.5 Å². The van der Waals surface area contributed by atoms with Gasteiger partial charge in [-0.05, 0) is 25.7 Å². The van der Waals surface area contributed by atoms with Gasteiger partial charge in [0.25, 0.3) is 5.78 Å². The number of nitrogen functional groups attached to an aromatic ring is 1. The molecule has 0 aliphatic heterocycles. The van der Waals surface area contributed by atoms with Crippen molar-refractivity contribution in [1.29, 1.82) is 0 Å². The summed E-state index contributed by atoms with van der Waals surface area (Å²) >= 11 is 0. The number of rotatable bonds is 10. The summed E-state index contributed by atoms with van der Waals surface area (Å²) in [4.78, 5) is 8.85. The smallest absolute Gasteiger partial charge is 0.254 e. The standard InChI is InChI=1S/C17H29N5/c1-3-5-7-8-9-10-11-14-15(12-6-4-2)21-17-19-13-20-22(17)16(14)18/h13H,3-12,18H2,1-2H3. The van der Waals surface area contributed by atoms with E-state index in [2.05, 4.69) is 28.9 Å². The highest BCUT2D eigenvalue weighted by molar-refractivity contribution is 5.49. The van der Waals surface area contributed by atoms with Crippen LogP contribution in [0.5, 0.6) is 0 Å². The second-order valence-electron chi connectivity index (χ2n) is 6.02. The minimum absolute atomic E-state index is 0.621. The molecular weight excluding hydrogens is 274 g/mol. The molecule has 0 aromatic carbocycles. The predicted molar refractivity (Wildman–Crippen MR) is 90.9 cm³/mol. The average molecular weight is 303 g/mol. The highest BCUT2D eigenvalue weighted by Crippen LogP contribution is 2.21. The molecule has 0 amide bonds. The van der Waals surface area contributed by atoms with Crippen molar-refractivity contribution in [3.8, 4) is 0 Å². The van der Waals surface area contributed by atoms with E-state index < -0.39 is 0 Å². The zero-order chi connectivity index (χ0) is 15.8. The van der Waals surface area contributed by atoms with Crippen molar-refractivity contribution in [3.05, 3.63) is 17.6 Å². The van der Waals surface area contributed by atoms with Crippen LogP contribution < -0.4 is 5.73 Å². The molecule has 0 saturated heterocycles. The molecule has 122 valence electrons. The van der Waals surface area contributed by atoms with Crippen LogP contribution in [0.15, 0.2) is 6.33 Å². The Kier molecular flexibility index (Phi) is 6.62. The molecule has 2 aromatic heterocycles. The third kappa shape index (κ3) is 4.18. The largest absolute Gasteiger partial charge is 0.383 e. The van der Waals surface area contributed by atoms with E-state index >= 15 is 0 Å². The van der Waals surface area contributed by atoms with Gasteiger partial charge in [-0.15, -0.1) is 0 Å². The maximum Gasteiger partial charge on any atom is 0.254 e. The molecule has 0 saturated carbocycles. The third-order valence-electron chi connectivity index (χ3n) is 4.20. The van der Waals surface area contributed by atoms with Crippen molar-refractivity contribution in [2.45, 2.75) is 78.1 Å². The third-order valence-corrected chi connectivity index (χ3v) is 4.20. The topological polar surface area (TPSA) is 69.1 Å². The van der Waals surface area contributed by atoms with Gasteiger partial charge in [-0.2, -0.15) is 14.6 Å². The van der Waals surface area contributed by atoms with Crippen LogP contribution in [0, 0.1) is 0 Å². The molecule has 0 aliphatic carbocycles. The van der Waals surface area contributed by atoms with Crippen molar-refractivity contribution in [3.63, 3.8) is 0 Å². The van der Waals surface area contributed by atoms with Gasteiger partial charge in [-0.25, -0.2) is 4.98 Å².